The van der Waals surface area contributed by atoms with Gasteiger partial charge >= 0.3 is 0 Å². The molecular formula is C29H25ClFNO5. The number of aryl methyl sites for hydroxylation is 1. The van der Waals surface area contributed by atoms with Crippen LogP contribution in [-0.2, 0) is 0 Å². The maximum atomic E-state index is 14.1. The number of fused-ring (bicyclic) bond motifs is 2. The Morgan fingerprint density at radius 1 is 1.00 bits per heavy atom. The molecule has 1 aliphatic rings. The number of ether oxygens (including phenoxy) is 2. The highest BCUT2D eigenvalue weighted by molar-refractivity contribution is 6.31. The van der Waals surface area contributed by atoms with E-state index < -0.39 is 23.2 Å². The number of carbonyl (C=O) groups is 1. The van der Waals surface area contributed by atoms with Crippen molar-refractivity contribution in [1.29, 1.82) is 0 Å². The van der Waals surface area contributed by atoms with Crippen molar-refractivity contribution in [2.75, 3.05) is 18.1 Å². The van der Waals surface area contributed by atoms with Crippen molar-refractivity contribution in [3.8, 4) is 11.5 Å². The van der Waals surface area contributed by atoms with Crippen molar-refractivity contribution in [1.82, 2.24) is 0 Å². The molecule has 0 saturated carbocycles. The fourth-order valence-corrected chi connectivity index (χ4v) is 4.73. The Kier molecular flexibility index (Phi) is 6.65. The van der Waals surface area contributed by atoms with Crippen molar-refractivity contribution in [2.24, 2.45) is 0 Å². The molecule has 6 nitrogen and oxygen atoms in total. The second-order valence-electron chi connectivity index (χ2n) is 8.81. The van der Waals surface area contributed by atoms with Gasteiger partial charge in [0.15, 0.2) is 16.9 Å². The van der Waals surface area contributed by atoms with Gasteiger partial charge in [-0.05, 0) is 73.9 Å². The van der Waals surface area contributed by atoms with Crippen LogP contribution in [0.3, 0.4) is 0 Å². The molecule has 1 atom stereocenters. The minimum atomic E-state index is -0.857. The molecule has 0 spiro atoms. The second kappa shape index (κ2) is 9.90. The van der Waals surface area contributed by atoms with E-state index >= 15 is 0 Å². The third kappa shape index (κ3) is 4.33. The van der Waals surface area contributed by atoms with E-state index in [2.05, 4.69) is 0 Å². The van der Waals surface area contributed by atoms with Gasteiger partial charge in [-0.2, -0.15) is 0 Å². The number of anilines is 1. The van der Waals surface area contributed by atoms with Crippen LogP contribution in [0.2, 0.25) is 5.02 Å². The van der Waals surface area contributed by atoms with Crippen LogP contribution in [0.4, 0.5) is 10.1 Å². The SMILES string of the molecule is CCCOc1ccc(C2c3c(oc4ccc(F)cc4c3=O)C(=O)N2c2ccc(C)c(Cl)c2)cc1OCC. The van der Waals surface area contributed by atoms with Crippen LogP contribution in [0.15, 0.2) is 63.8 Å². The number of amides is 1. The normalized spacial score (nSPS) is 14.8. The molecule has 1 aliphatic heterocycles. The summed E-state index contributed by atoms with van der Waals surface area (Å²) < 4.78 is 31.7. The summed E-state index contributed by atoms with van der Waals surface area (Å²) in [6.07, 6.45) is 0.824. The molecule has 0 aliphatic carbocycles. The molecular weight excluding hydrogens is 497 g/mol. The number of hydrogen-bond donors (Lipinski definition) is 0. The minimum Gasteiger partial charge on any atom is -0.490 e. The summed E-state index contributed by atoms with van der Waals surface area (Å²) in [5, 5.41) is 0.540. The fraction of sp³-hybridized carbons (Fsp3) is 0.241. The summed E-state index contributed by atoms with van der Waals surface area (Å²) >= 11 is 6.41. The first kappa shape index (κ1) is 24.8. The Bertz CT molecular complexity index is 1580. The standard InChI is InChI=1S/C29H25ClFNO5/c1-4-12-36-23-10-7-17(13-24(23)35-5-2)26-25-27(33)20-14-18(31)8-11-22(20)37-28(25)29(34)32(26)19-9-6-16(3)21(30)15-19/h6-11,13-15,26H,4-5,12H2,1-3H3. The molecule has 2 heterocycles. The van der Waals surface area contributed by atoms with E-state index in [1.165, 1.54) is 17.0 Å². The highest BCUT2D eigenvalue weighted by Gasteiger charge is 2.44. The first-order chi connectivity index (χ1) is 17.8. The van der Waals surface area contributed by atoms with Gasteiger partial charge in [0.25, 0.3) is 5.91 Å². The minimum absolute atomic E-state index is 0.0632. The highest BCUT2D eigenvalue weighted by Crippen LogP contribution is 2.44. The molecule has 37 heavy (non-hydrogen) atoms. The molecule has 0 bridgehead atoms. The van der Waals surface area contributed by atoms with Gasteiger partial charge in [-0.15, -0.1) is 0 Å². The Morgan fingerprint density at radius 2 is 1.81 bits per heavy atom. The van der Waals surface area contributed by atoms with Gasteiger partial charge in [-0.25, -0.2) is 4.39 Å². The molecule has 1 unspecified atom stereocenters. The predicted molar refractivity (Wildman–Crippen MR) is 141 cm³/mol. The molecule has 5 rings (SSSR count). The lowest BCUT2D eigenvalue weighted by atomic mass is 9.97. The summed E-state index contributed by atoms with van der Waals surface area (Å²) in [5.41, 5.74) is 1.75. The maximum Gasteiger partial charge on any atom is 0.295 e. The number of nitrogens with zero attached hydrogens (tertiary/aromatic N) is 1. The van der Waals surface area contributed by atoms with Crippen LogP contribution in [0.5, 0.6) is 11.5 Å². The molecule has 0 radical (unpaired) electrons. The zero-order valence-corrected chi connectivity index (χ0v) is 21.4. The Morgan fingerprint density at radius 3 is 2.54 bits per heavy atom. The van der Waals surface area contributed by atoms with Crippen molar-refractivity contribution in [3.05, 3.63) is 98.1 Å². The number of rotatable bonds is 7. The second-order valence-corrected chi connectivity index (χ2v) is 9.22. The summed E-state index contributed by atoms with van der Waals surface area (Å²) in [6, 6.07) is 13.4. The van der Waals surface area contributed by atoms with Gasteiger partial charge in [0.2, 0.25) is 5.76 Å². The number of hydrogen-bond acceptors (Lipinski definition) is 5. The van der Waals surface area contributed by atoms with E-state index in [1.54, 1.807) is 36.4 Å². The maximum absolute atomic E-state index is 14.1. The van der Waals surface area contributed by atoms with Gasteiger partial charge in [0, 0.05) is 10.7 Å². The molecule has 1 aromatic heterocycles. The summed E-state index contributed by atoms with van der Waals surface area (Å²) in [4.78, 5) is 29.0. The third-order valence-corrected chi connectivity index (χ3v) is 6.72. The summed E-state index contributed by atoms with van der Waals surface area (Å²) in [7, 11) is 0. The zero-order valence-electron chi connectivity index (χ0n) is 20.6. The molecule has 3 aromatic carbocycles. The van der Waals surface area contributed by atoms with E-state index in [9.17, 15) is 14.0 Å². The fourth-order valence-electron chi connectivity index (χ4n) is 4.55. The van der Waals surface area contributed by atoms with E-state index in [1.807, 2.05) is 20.8 Å². The monoisotopic (exact) mass is 521 g/mol. The molecule has 1 amide bonds. The molecule has 0 N–H and O–H groups in total. The number of carbonyl (C=O) groups excluding carboxylic acids is 1. The Labute approximate surface area is 218 Å². The Hall–Kier alpha value is -3.84. The topological polar surface area (TPSA) is 69.0 Å². The van der Waals surface area contributed by atoms with Crippen molar-refractivity contribution >= 4 is 34.2 Å². The Balaban J connectivity index is 1.76. The van der Waals surface area contributed by atoms with Crippen molar-refractivity contribution in [3.63, 3.8) is 0 Å². The van der Waals surface area contributed by atoms with Gasteiger partial charge in [-0.3, -0.25) is 14.5 Å². The van der Waals surface area contributed by atoms with E-state index in [0.717, 1.165) is 18.1 Å². The van der Waals surface area contributed by atoms with Crippen LogP contribution in [0.25, 0.3) is 11.0 Å². The van der Waals surface area contributed by atoms with Gasteiger partial charge in [-0.1, -0.05) is 30.7 Å². The largest absolute Gasteiger partial charge is 0.490 e. The average Bonchev–Trinajstić information content (AvgIpc) is 3.18. The molecule has 190 valence electrons. The molecule has 0 saturated heterocycles. The number of benzene rings is 3. The third-order valence-electron chi connectivity index (χ3n) is 6.31. The zero-order chi connectivity index (χ0) is 26.3. The summed E-state index contributed by atoms with van der Waals surface area (Å²) in [6.45, 7) is 6.64. The van der Waals surface area contributed by atoms with Gasteiger partial charge < -0.3 is 13.9 Å². The lowest BCUT2D eigenvalue weighted by molar-refractivity contribution is 0.0971. The van der Waals surface area contributed by atoms with Crippen LogP contribution < -0.4 is 19.8 Å². The van der Waals surface area contributed by atoms with Crippen LogP contribution in [0, 0.1) is 12.7 Å². The van der Waals surface area contributed by atoms with Crippen molar-refractivity contribution in [2.45, 2.75) is 33.2 Å². The lowest BCUT2D eigenvalue weighted by Gasteiger charge is -2.26. The lowest BCUT2D eigenvalue weighted by Crippen LogP contribution is -2.29. The van der Waals surface area contributed by atoms with Gasteiger partial charge in [0.1, 0.15) is 11.4 Å². The van der Waals surface area contributed by atoms with Gasteiger partial charge in [0.05, 0.1) is 30.2 Å². The van der Waals surface area contributed by atoms with E-state index in [0.29, 0.717) is 41.0 Å². The average molecular weight is 522 g/mol. The predicted octanol–water partition coefficient (Wildman–Crippen LogP) is 6.83. The molecule has 4 aromatic rings. The number of halogens is 2. The highest BCUT2D eigenvalue weighted by atomic mass is 35.5. The van der Waals surface area contributed by atoms with E-state index in [4.69, 9.17) is 25.5 Å². The van der Waals surface area contributed by atoms with E-state index in [-0.39, 0.29) is 22.3 Å². The van der Waals surface area contributed by atoms with Crippen LogP contribution in [-0.4, -0.2) is 19.1 Å². The van der Waals surface area contributed by atoms with Crippen molar-refractivity contribution < 1.29 is 23.1 Å². The smallest absolute Gasteiger partial charge is 0.295 e. The van der Waals surface area contributed by atoms with Crippen LogP contribution >= 0.6 is 11.6 Å². The quantitative estimate of drug-likeness (QED) is 0.266. The molecule has 8 heteroatoms. The molecule has 0 fully saturated rings. The van der Waals surface area contributed by atoms with Crippen LogP contribution in [0.1, 0.15) is 53.6 Å². The summed E-state index contributed by atoms with van der Waals surface area (Å²) in [5.74, 6) is -0.0940. The first-order valence-electron chi connectivity index (χ1n) is 12.1. The first-order valence-corrected chi connectivity index (χ1v) is 12.5.